The third-order valence-corrected chi connectivity index (χ3v) is 5.28. The number of rotatable bonds is 3. The maximum atomic E-state index is 6.70. The van der Waals surface area contributed by atoms with Crippen LogP contribution in [0.1, 0.15) is 62.1 Å². The molecule has 0 aromatic heterocycles. The maximum Gasteiger partial charge on any atom is 0.0197 e. The monoisotopic (exact) mass is 257 g/mol. The fourth-order valence-corrected chi connectivity index (χ4v) is 4.17. The van der Waals surface area contributed by atoms with Crippen molar-refractivity contribution in [3.05, 3.63) is 34.9 Å². The van der Waals surface area contributed by atoms with Gasteiger partial charge in [0.25, 0.3) is 0 Å². The normalized spacial score (nSPS) is 30.3. The number of benzene rings is 1. The van der Waals surface area contributed by atoms with Crippen LogP contribution in [0.4, 0.5) is 0 Å². The summed E-state index contributed by atoms with van der Waals surface area (Å²) in [6.45, 7) is 2.31. The van der Waals surface area contributed by atoms with E-state index in [-0.39, 0.29) is 5.54 Å². The minimum Gasteiger partial charge on any atom is -0.325 e. The first-order valence-corrected chi connectivity index (χ1v) is 8.08. The smallest absolute Gasteiger partial charge is 0.0197 e. The van der Waals surface area contributed by atoms with Crippen LogP contribution < -0.4 is 5.73 Å². The molecule has 104 valence electrons. The average Bonchev–Trinajstić information content (AvgIpc) is 2.85. The molecule has 2 aliphatic rings. The van der Waals surface area contributed by atoms with Crippen LogP contribution in [0.25, 0.3) is 0 Å². The van der Waals surface area contributed by atoms with Crippen LogP contribution in [-0.4, -0.2) is 5.54 Å². The van der Waals surface area contributed by atoms with E-state index in [1.165, 1.54) is 56.9 Å². The number of hydrogen-bond donors (Lipinski definition) is 1. The third kappa shape index (κ3) is 2.86. The highest BCUT2D eigenvalue weighted by Gasteiger charge is 2.32. The number of aryl methyl sites for hydroxylation is 2. The van der Waals surface area contributed by atoms with Crippen LogP contribution in [-0.2, 0) is 19.3 Å². The van der Waals surface area contributed by atoms with Gasteiger partial charge in [0.05, 0.1) is 0 Å². The molecule has 0 bridgehead atoms. The Morgan fingerprint density at radius 2 is 2.05 bits per heavy atom. The third-order valence-electron chi connectivity index (χ3n) is 5.28. The minimum absolute atomic E-state index is 0.0613. The zero-order chi connectivity index (χ0) is 13.3. The van der Waals surface area contributed by atoms with E-state index in [1.807, 2.05) is 0 Å². The van der Waals surface area contributed by atoms with Gasteiger partial charge in [-0.1, -0.05) is 44.4 Å². The van der Waals surface area contributed by atoms with Crippen molar-refractivity contribution in [1.29, 1.82) is 0 Å². The molecule has 0 spiro atoms. The quantitative estimate of drug-likeness (QED) is 0.869. The standard InChI is InChI=1S/C18H27N/c1-2-14-5-4-10-18(19,12-14)13-15-8-9-16-6-3-7-17(16)11-15/h8-9,11,14H,2-7,10,12-13,19H2,1H3. The van der Waals surface area contributed by atoms with Crippen LogP contribution in [0.3, 0.4) is 0 Å². The zero-order valence-electron chi connectivity index (χ0n) is 12.3. The molecule has 1 heteroatoms. The summed E-state index contributed by atoms with van der Waals surface area (Å²) in [5, 5.41) is 0. The SMILES string of the molecule is CCC1CCCC(N)(Cc2ccc3c(c2)CCC3)C1. The molecule has 0 heterocycles. The molecule has 2 atom stereocenters. The zero-order valence-corrected chi connectivity index (χ0v) is 12.3. The van der Waals surface area contributed by atoms with Gasteiger partial charge in [-0.2, -0.15) is 0 Å². The van der Waals surface area contributed by atoms with E-state index in [1.54, 1.807) is 11.1 Å². The maximum absolute atomic E-state index is 6.70. The van der Waals surface area contributed by atoms with Crippen molar-refractivity contribution in [2.45, 2.75) is 70.3 Å². The molecule has 0 aliphatic heterocycles. The summed E-state index contributed by atoms with van der Waals surface area (Å²) >= 11 is 0. The summed E-state index contributed by atoms with van der Waals surface area (Å²) in [4.78, 5) is 0. The first kappa shape index (κ1) is 13.2. The Labute approximate surface area is 117 Å². The molecular formula is C18H27N. The molecule has 0 radical (unpaired) electrons. The Hall–Kier alpha value is -0.820. The lowest BCUT2D eigenvalue weighted by atomic mass is 9.72. The summed E-state index contributed by atoms with van der Waals surface area (Å²) in [7, 11) is 0. The van der Waals surface area contributed by atoms with Gasteiger partial charge in [0.2, 0.25) is 0 Å². The van der Waals surface area contributed by atoms with Crippen molar-refractivity contribution in [2.75, 3.05) is 0 Å². The molecule has 2 N–H and O–H groups in total. The van der Waals surface area contributed by atoms with Crippen LogP contribution >= 0.6 is 0 Å². The van der Waals surface area contributed by atoms with E-state index in [0.717, 1.165) is 12.3 Å². The molecule has 2 unspecified atom stereocenters. The Bertz CT molecular complexity index is 451. The highest BCUT2D eigenvalue weighted by Crippen LogP contribution is 2.35. The molecule has 19 heavy (non-hydrogen) atoms. The molecule has 1 nitrogen and oxygen atoms in total. The van der Waals surface area contributed by atoms with Gasteiger partial charge < -0.3 is 5.73 Å². The molecular weight excluding hydrogens is 230 g/mol. The summed E-state index contributed by atoms with van der Waals surface area (Å²) in [5.74, 6) is 0.855. The van der Waals surface area contributed by atoms with Gasteiger partial charge in [0, 0.05) is 5.54 Å². The van der Waals surface area contributed by atoms with E-state index in [9.17, 15) is 0 Å². The summed E-state index contributed by atoms with van der Waals surface area (Å²) < 4.78 is 0. The molecule has 1 aromatic rings. The van der Waals surface area contributed by atoms with Crippen LogP contribution in [0.5, 0.6) is 0 Å². The Morgan fingerprint density at radius 1 is 1.21 bits per heavy atom. The molecule has 1 aromatic carbocycles. The second-order valence-electron chi connectivity index (χ2n) is 6.87. The molecule has 2 aliphatic carbocycles. The minimum atomic E-state index is 0.0613. The fourth-order valence-electron chi connectivity index (χ4n) is 4.17. The van der Waals surface area contributed by atoms with Crippen LogP contribution in [0.2, 0.25) is 0 Å². The average molecular weight is 257 g/mol. The van der Waals surface area contributed by atoms with Gasteiger partial charge in [-0.3, -0.25) is 0 Å². The van der Waals surface area contributed by atoms with E-state index in [4.69, 9.17) is 5.73 Å². The van der Waals surface area contributed by atoms with Gasteiger partial charge in [0.1, 0.15) is 0 Å². The molecule has 1 fully saturated rings. The van der Waals surface area contributed by atoms with E-state index in [2.05, 4.69) is 25.1 Å². The second kappa shape index (κ2) is 5.28. The van der Waals surface area contributed by atoms with E-state index in [0.29, 0.717) is 0 Å². The predicted octanol–water partition coefficient (Wildman–Crippen LogP) is 4.02. The molecule has 3 rings (SSSR count). The highest BCUT2D eigenvalue weighted by atomic mass is 14.7. The van der Waals surface area contributed by atoms with Gasteiger partial charge in [0.15, 0.2) is 0 Å². The number of fused-ring (bicyclic) bond motifs is 1. The first-order chi connectivity index (χ1) is 9.18. The van der Waals surface area contributed by atoms with Crippen LogP contribution in [0, 0.1) is 5.92 Å². The summed E-state index contributed by atoms with van der Waals surface area (Å²) in [6.07, 6.45) is 11.4. The van der Waals surface area contributed by atoms with Gasteiger partial charge >= 0.3 is 0 Å². The topological polar surface area (TPSA) is 26.0 Å². The number of nitrogens with two attached hydrogens (primary N) is 1. The van der Waals surface area contributed by atoms with Crippen molar-refractivity contribution in [1.82, 2.24) is 0 Å². The lowest BCUT2D eigenvalue weighted by Gasteiger charge is -2.38. The van der Waals surface area contributed by atoms with Crippen LogP contribution in [0.15, 0.2) is 18.2 Å². The summed E-state index contributed by atoms with van der Waals surface area (Å²) in [6, 6.07) is 7.11. The van der Waals surface area contributed by atoms with Crippen molar-refractivity contribution >= 4 is 0 Å². The Kier molecular flexibility index (Phi) is 3.66. The van der Waals surface area contributed by atoms with E-state index < -0.39 is 0 Å². The second-order valence-corrected chi connectivity index (χ2v) is 6.87. The summed E-state index contributed by atoms with van der Waals surface area (Å²) in [5.41, 5.74) is 11.4. The largest absolute Gasteiger partial charge is 0.325 e. The number of hydrogen-bond acceptors (Lipinski definition) is 1. The highest BCUT2D eigenvalue weighted by molar-refractivity contribution is 5.36. The predicted molar refractivity (Wildman–Crippen MR) is 81.3 cm³/mol. The lowest BCUT2D eigenvalue weighted by molar-refractivity contribution is 0.218. The fraction of sp³-hybridized carbons (Fsp3) is 0.667. The Balaban J connectivity index is 1.73. The molecule has 0 amide bonds. The van der Waals surface area contributed by atoms with Crippen molar-refractivity contribution in [3.63, 3.8) is 0 Å². The van der Waals surface area contributed by atoms with Crippen molar-refractivity contribution < 1.29 is 0 Å². The lowest BCUT2D eigenvalue weighted by Crippen LogP contribution is -2.46. The van der Waals surface area contributed by atoms with Gasteiger partial charge in [-0.05, 0) is 61.1 Å². The molecule has 1 saturated carbocycles. The van der Waals surface area contributed by atoms with Gasteiger partial charge in [-0.15, -0.1) is 0 Å². The van der Waals surface area contributed by atoms with E-state index >= 15 is 0 Å². The molecule has 0 saturated heterocycles. The van der Waals surface area contributed by atoms with Crippen molar-refractivity contribution in [3.8, 4) is 0 Å². The van der Waals surface area contributed by atoms with Gasteiger partial charge in [-0.25, -0.2) is 0 Å². The first-order valence-electron chi connectivity index (χ1n) is 8.08. The van der Waals surface area contributed by atoms with Crippen molar-refractivity contribution in [2.24, 2.45) is 11.7 Å². The Morgan fingerprint density at radius 3 is 2.89 bits per heavy atom.